The number of benzene rings is 3. The molecule has 0 aliphatic heterocycles. The third-order valence-corrected chi connectivity index (χ3v) is 6.60. The summed E-state index contributed by atoms with van der Waals surface area (Å²) in [5.74, 6) is -0.0736. The Morgan fingerprint density at radius 1 is 0.640 bits per heavy atom. The maximum absolute atomic E-state index is 12.8. The summed E-state index contributed by atoms with van der Waals surface area (Å²) < 4.78 is 25.5. The zero-order valence-corrected chi connectivity index (χ0v) is 14.9. The second kappa shape index (κ2) is 6.16. The first kappa shape index (κ1) is 16.1. The minimum absolute atomic E-state index is 0.0412. The van der Waals surface area contributed by atoms with Crippen LogP contribution in [0.4, 0.5) is 0 Å². The van der Waals surface area contributed by atoms with Crippen LogP contribution in [0.15, 0.2) is 84.9 Å². The van der Waals surface area contributed by atoms with E-state index in [2.05, 4.69) is 18.2 Å². The highest BCUT2D eigenvalue weighted by molar-refractivity contribution is 7.91. The Morgan fingerprint density at radius 2 is 1.12 bits per heavy atom. The van der Waals surface area contributed by atoms with Crippen molar-refractivity contribution in [1.29, 1.82) is 0 Å². The smallest absolute Gasteiger partial charge is 0.155 e. The van der Waals surface area contributed by atoms with Gasteiger partial charge in [0.15, 0.2) is 9.84 Å². The Labute approximate surface area is 149 Å². The Hall–Kier alpha value is -2.39. The van der Waals surface area contributed by atoms with Crippen LogP contribution in [-0.4, -0.2) is 14.7 Å². The fraction of sp³-hybridized carbons (Fsp3) is 0.182. The standard InChI is InChI=1S/C22H20O2S/c1-25(23,24)22-19-15-9-8-14-18(19)20(16-10-4-2-5-11-16)21(22)17-12-6-3-7-13-17/h2-15,20-22H,1H3/t20-,21+,22+/m1/s1. The Balaban J connectivity index is 2.00. The first-order chi connectivity index (χ1) is 12.1. The summed E-state index contributed by atoms with van der Waals surface area (Å²) in [4.78, 5) is 0. The molecule has 0 radical (unpaired) electrons. The average Bonchev–Trinajstić information content (AvgIpc) is 2.98. The molecule has 0 N–H and O–H groups in total. The van der Waals surface area contributed by atoms with Crippen molar-refractivity contribution >= 4 is 9.84 Å². The largest absolute Gasteiger partial charge is 0.228 e. The molecule has 1 aliphatic rings. The molecule has 0 spiro atoms. The molecule has 2 nitrogen and oxygen atoms in total. The van der Waals surface area contributed by atoms with Crippen molar-refractivity contribution in [2.45, 2.75) is 17.1 Å². The topological polar surface area (TPSA) is 34.1 Å². The normalized spacial score (nSPS) is 22.5. The van der Waals surface area contributed by atoms with Gasteiger partial charge in [-0.2, -0.15) is 0 Å². The van der Waals surface area contributed by atoms with Gasteiger partial charge in [-0.15, -0.1) is 0 Å². The van der Waals surface area contributed by atoms with Crippen LogP contribution in [0, 0.1) is 0 Å². The van der Waals surface area contributed by atoms with Gasteiger partial charge in [0.05, 0.1) is 5.25 Å². The monoisotopic (exact) mass is 348 g/mol. The number of fused-ring (bicyclic) bond motifs is 1. The molecule has 0 heterocycles. The second-order valence-electron chi connectivity index (χ2n) is 6.70. The van der Waals surface area contributed by atoms with Crippen LogP contribution in [0.2, 0.25) is 0 Å². The Morgan fingerprint density at radius 3 is 1.68 bits per heavy atom. The molecule has 0 bridgehead atoms. The fourth-order valence-corrected chi connectivity index (χ4v) is 5.72. The third kappa shape index (κ3) is 2.79. The van der Waals surface area contributed by atoms with Crippen molar-refractivity contribution in [3.8, 4) is 0 Å². The zero-order valence-electron chi connectivity index (χ0n) is 14.0. The SMILES string of the molecule is CS(=O)(=O)[C@H]1c2ccccc2[C@@H](c2ccccc2)[C@@H]1c1ccccc1. The summed E-state index contributed by atoms with van der Waals surface area (Å²) in [7, 11) is -3.25. The van der Waals surface area contributed by atoms with E-state index in [-0.39, 0.29) is 11.8 Å². The van der Waals surface area contributed by atoms with Gasteiger partial charge in [-0.05, 0) is 22.3 Å². The van der Waals surface area contributed by atoms with E-state index in [0.29, 0.717) is 0 Å². The van der Waals surface area contributed by atoms with E-state index >= 15 is 0 Å². The lowest BCUT2D eigenvalue weighted by Crippen LogP contribution is -2.18. The third-order valence-electron chi connectivity index (χ3n) is 5.13. The van der Waals surface area contributed by atoms with Crippen LogP contribution < -0.4 is 0 Å². The highest BCUT2D eigenvalue weighted by Gasteiger charge is 2.46. The van der Waals surface area contributed by atoms with E-state index in [1.54, 1.807) is 0 Å². The molecule has 1 aliphatic carbocycles. The molecule has 0 unspecified atom stereocenters. The molecule has 126 valence electrons. The molecule has 3 atom stereocenters. The predicted octanol–water partition coefficient (Wildman–Crippen LogP) is 4.70. The lowest BCUT2D eigenvalue weighted by Gasteiger charge is -2.25. The van der Waals surface area contributed by atoms with Gasteiger partial charge >= 0.3 is 0 Å². The number of hydrogen-bond donors (Lipinski definition) is 0. The van der Waals surface area contributed by atoms with Crippen molar-refractivity contribution < 1.29 is 8.42 Å². The minimum Gasteiger partial charge on any atom is -0.228 e. The van der Waals surface area contributed by atoms with E-state index in [0.717, 1.165) is 22.3 Å². The molecular weight excluding hydrogens is 328 g/mol. The predicted molar refractivity (Wildman–Crippen MR) is 101 cm³/mol. The van der Waals surface area contributed by atoms with Gasteiger partial charge in [-0.25, -0.2) is 8.42 Å². The first-order valence-electron chi connectivity index (χ1n) is 8.45. The maximum atomic E-state index is 12.8. The summed E-state index contributed by atoms with van der Waals surface area (Å²) in [6.07, 6.45) is 1.36. The summed E-state index contributed by atoms with van der Waals surface area (Å²) in [6, 6.07) is 28.3. The van der Waals surface area contributed by atoms with Crippen LogP contribution in [-0.2, 0) is 9.84 Å². The van der Waals surface area contributed by atoms with Crippen LogP contribution >= 0.6 is 0 Å². The molecule has 3 aromatic rings. The van der Waals surface area contributed by atoms with Crippen LogP contribution in [0.1, 0.15) is 39.3 Å². The molecule has 0 saturated heterocycles. The van der Waals surface area contributed by atoms with Gasteiger partial charge in [0.1, 0.15) is 0 Å². The van der Waals surface area contributed by atoms with Crippen molar-refractivity contribution in [2.24, 2.45) is 0 Å². The van der Waals surface area contributed by atoms with Crippen LogP contribution in [0.25, 0.3) is 0 Å². The average molecular weight is 348 g/mol. The summed E-state index contributed by atoms with van der Waals surface area (Å²) in [5, 5.41) is -0.517. The number of rotatable bonds is 3. The summed E-state index contributed by atoms with van der Waals surface area (Å²) >= 11 is 0. The van der Waals surface area contributed by atoms with E-state index < -0.39 is 15.1 Å². The summed E-state index contributed by atoms with van der Waals surface area (Å²) in [5.41, 5.74) is 4.30. The van der Waals surface area contributed by atoms with Crippen molar-refractivity contribution in [3.63, 3.8) is 0 Å². The van der Waals surface area contributed by atoms with E-state index in [1.807, 2.05) is 66.7 Å². The molecule has 3 heteroatoms. The van der Waals surface area contributed by atoms with Gasteiger partial charge < -0.3 is 0 Å². The fourth-order valence-electron chi connectivity index (χ4n) is 4.20. The van der Waals surface area contributed by atoms with Crippen LogP contribution in [0.5, 0.6) is 0 Å². The van der Waals surface area contributed by atoms with Gasteiger partial charge in [0.2, 0.25) is 0 Å². The Bertz CT molecular complexity index is 979. The molecule has 0 saturated carbocycles. The minimum atomic E-state index is -3.25. The second-order valence-corrected chi connectivity index (χ2v) is 8.87. The molecule has 3 aromatic carbocycles. The maximum Gasteiger partial charge on any atom is 0.155 e. The van der Waals surface area contributed by atoms with Gasteiger partial charge in [-0.1, -0.05) is 84.9 Å². The molecule has 4 rings (SSSR count). The van der Waals surface area contributed by atoms with E-state index in [1.165, 1.54) is 6.26 Å². The van der Waals surface area contributed by atoms with Crippen molar-refractivity contribution in [2.75, 3.05) is 6.26 Å². The van der Waals surface area contributed by atoms with E-state index in [9.17, 15) is 8.42 Å². The van der Waals surface area contributed by atoms with Gasteiger partial charge in [0, 0.05) is 18.1 Å². The first-order valence-corrected chi connectivity index (χ1v) is 10.4. The van der Waals surface area contributed by atoms with Crippen LogP contribution in [0.3, 0.4) is 0 Å². The van der Waals surface area contributed by atoms with Gasteiger partial charge in [-0.3, -0.25) is 0 Å². The highest BCUT2D eigenvalue weighted by Crippen LogP contribution is 2.56. The number of sulfone groups is 1. The Kier molecular flexibility index (Phi) is 3.97. The molecular formula is C22H20O2S. The molecule has 0 fully saturated rings. The molecule has 0 aromatic heterocycles. The molecule has 0 amide bonds. The summed E-state index contributed by atoms with van der Waals surface area (Å²) in [6.45, 7) is 0. The number of hydrogen-bond acceptors (Lipinski definition) is 2. The van der Waals surface area contributed by atoms with Crippen molar-refractivity contribution in [1.82, 2.24) is 0 Å². The van der Waals surface area contributed by atoms with E-state index in [4.69, 9.17) is 0 Å². The quantitative estimate of drug-likeness (QED) is 0.687. The lowest BCUT2D eigenvalue weighted by molar-refractivity contribution is 0.561. The highest BCUT2D eigenvalue weighted by atomic mass is 32.2. The van der Waals surface area contributed by atoms with Gasteiger partial charge in [0.25, 0.3) is 0 Å². The lowest BCUT2D eigenvalue weighted by atomic mass is 9.82. The van der Waals surface area contributed by atoms with Crippen molar-refractivity contribution in [3.05, 3.63) is 107 Å². The zero-order chi connectivity index (χ0) is 17.4. The molecule has 25 heavy (non-hydrogen) atoms.